The van der Waals surface area contributed by atoms with E-state index in [1.54, 1.807) is 0 Å². The molecule has 0 aromatic heterocycles. The van der Waals surface area contributed by atoms with Gasteiger partial charge in [0.25, 0.3) is 0 Å². The standard InChI is InChI=1S/C16H23NO2.ClH/c1-3-12(4-2)9-17-10-13-11-19-15-8-6-5-7-14(15)16(13)18;/h5-8,12-13,17H,3-4,9-11H2,1-2H3;1H. The largest absolute Gasteiger partial charge is 0.492 e. The fraction of sp³-hybridized carbons (Fsp3) is 0.562. The first-order chi connectivity index (χ1) is 9.26. The average Bonchev–Trinajstić information content (AvgIpc) is 2.46. The topological polar surface area (TPSA) is 38.3 Å². The molecular weight excluding hydrogens is 274 g/mol. The number of carbonyl (C=O) groups is 1. The molecule has 20 heavy (non-hydrogen) atoms. The van der Waals surface area contributed by atoms with E-state index >= 15 is 0 Å². The maximum Gasteiger partial charge on any atom is 0.174 e. The van der Waals surface area contributed by atoms with Crippen LogP contribution in [0.25, 0.3) is 0 Å². The highest BCUT2D eigenvalue weighted by molar-refractivity contribution is 6.01. The lowest BCUT2D eigenvalue weighted by Crippen LogP contribution is -2.37. The molecule has 0 radical (unpaired) electrons. The van der Waals surface area contributed by atoms with Crippen molar-refractivity contribution in [3.63, 3.8) is 0 Å². The first-order valence-electron chi connectivity index (χ1n) is 7.23. The third kappa shape index (κ3) is 3.97. The molecule has 1 N–H and O–H groups in total. The van der Waals surface area contributed by atoms with E-state index in [9.17, 15) is 4.79 Å². The van der Waals surface area contributed by atoms with Crippen LogP contribution in [0.15, 0.2) is 24.3 Å². The molecule has 0 amide bonds. The SMILES string of the molecule is CCC(CC)CNCC1COc2ccccc2C1=O.Cl. The summed E-state index contributed by atoms with van der Waals surface area (Å²) in [6, 6.07) is 7.50. The molecule has 1 aromatic carbocycles. The molecule has 0 spiro atoms. The van der Waals surface area contributed by atoms with Gasteiger partial charge in [0.1, 0.15) is 5.75 Å². The molecule has 112 valence electrons. The van der Waals surface area contributed by atoms with Crippen LogP contribution in [-0.2, 0) is 0 Å². The number of hydrogen-bond acceptors (Lipinski definition) is 3. The summed E-state index contributed by atoms with van der Waals surface area (Å²) in [5.41, 5.74) is 0.725. The number of para-hydroxylation sites is 1. The monoisotopic (exact) mass is 297 g/mol. The second-order valence-corrected chi connectivity index (χ2v) is 5.21. The summed E-state index contributed by atoms with van der Waals surface area (Å²) in [4.78, 5) is 12.3. The van der Waals surface area contributed by atoms with Crippen molar-refractivity contribution in [2.24, 2.45) is 11.8 Å². The Kier molecular flexibility index (Phi) is 7.03. The van der Waals surface area contributed by atoms with Crippen LogP contribution in [0.2, 0.25) is 0 Å². The van der Waals surface area contributed by atoms with E-state index in [1.807, 2.05) is 24.3 Å². The minimum Gasteiger partial charge on any atom is -0.492 e. The highest BCUT2D eigenvalue weighted by atomic mass is 35.5. The molecule has 2 rings (SSSR count). The van der Waals surface area contributed by atoms with Crippen LogP contribution >= 0.6 is 12.4 Å². The number of halogens is 1. The van der Waals surface area contributed by atoms with E-state index in [-0.39, 0.29) is 24.1 Å². The Bertz CT molecular complexity index is 432. The van der Waals surface area contributed by atoms with Gasteiger partial charge in [-0.3, -0.25) is 4.79 Å². The minimum atomic E-state index is -0.0516. The summed E-state index contributed by atoms with van der Waals surface area (Å²) in [6.45, 7) is 6.61. The lowest BCUT2D eigenvalue weighted by Gasteiger charge is -2.25. The summed E-state index contributed by atoms with van der Waals surface area (Å²) in [5, 5.41) is 3.42. The molecule has 4 heteroatoms. The van der Waals surface area contributed by atoms with E-state index < -0.39 is 0 Å². The van der Waals surface area contributed by atoms with Gasteiger partial charge in [0, 0.05) is 6.54 Å². The molecule has 0 aliphatic carbocycles. The van der Waals surface area contributed by atoms with E-state index in [4.69, 9.17) is 4.74 Å². The Morgan fingerprint density at radius 2 is 2.00 bits per heavy atom. The van der Waals surface area contributed by atoms with E-state index in [0.717, 1.165) is 17.9 Å². The molecule has 1 atom stereocenters. The number of benzene rings is 1. The third-order valence-corrected chi connectivity index (χ3v) is 3.94. The van der Waals surface area contributed by atoms with Crippen molar-refractivity contribution in [1.82, 2.24) is 5.32 Å². The molecule has 1 heterocycles. The Morgan fingerprint density at radius 1 is 1.30 bits per heavy atom. The van der Waals surface area contributed by atoms with Gasteiger partial charge in [-0.2, -0.15) is 0 Å². The zero-order valence-corrected chi connectivity index (χ0v) is 13.0. The number of hydrogen-bond donors (Lipinski definition) is 1. The predicted octanol–water partition coefficient (Wildman–Crippen LogP) is 3.33. The van der Waals surface area contributed by atoms with Crippen molar-refractivity contribution in [2.75, 3.05) is 19.7 Å². The van der Waals surface area contributed by atoms with Crippen molar-refractivity contribution in [3.8, 4) is 5.75 Å². The van der Waals surface area contributed by atoms with Crippen molar-refractivity contribution < 1.29 is 9.53 Å². The quantitative estimate of drug-likeness (QED) is 0.875. The number of fused-ring (bicyclic) bond motifs is 1. The average molecular weight is 298 g/mol. The Labute approximate surface area is 127 Å². The summed E-state index contributed by atoms with van der Waals surface area (Å²) in [6.07, 6.45) is 2.36. The highest BCUT2D eigenvalue weighted by Gasteiger charge is 2.28. The molecule has 3 nitrogen and oxygen atoms in total. The van der Waals surface area contributed by atoms with Gasteiger partial charge < -0.3 is 10.1 Å². The van der Waals surface area contributed by atoms with Gasteiger partial charge in [-0.05, 0) is 24.6 Å². The van der Waals surface area contributed by atoms with Crippen molar-refractivity contribution >= 4 is 18.2 Å². The fourth-order valence-corrected chi connectivity index (χ4v) is 2.47. The maximum atomic E-state index is 12.3. The summed E-state index contributed by atoms with van der Waals surface area (Å²) in [7, 11) is 0. The molecular formula is C16H24ClNO2. The zero-order chi connectivity index (χ0) is 13.7. The van der Waals surface area contributed by atoms with E-state index in [1.165, 1.54) is 12.8 Å². The summed E-state index contributed by atoms with van der Waals surface area (Å²) >= 11 is 0. The lowest BCUT2D eigenvalue weighted by molar-refractivity contribution is 0.0828. The number of carbonyl (C=O) groups excluding carboxylic acids is 1. The van der Waals surface area contributed by atoms with Gasteiger partial charge >= 0.3 is 0 Å². The van der Waals surface area contributed by atoms with Crippen LogP contribution in [0.3, 0.4) is 0 Å². The Balaban J connectivity index is 0.00000200. The van der Waals surface area contributed by atoms with Gasteiger partial charge in [0.2, 0.25) is 0 Å². The van der Waals surface area contributed by atoms with Crippen LogP contribution in [0.1, 0.15) is 37.0 Å². The van der Waals surface area contributed by atoms with Gasteiger partial charge in [-0.15, -0.1) is 12.4 Å². The van der Waals surface area contributed by atoms with Crippen molar-refractivity contribution in [1.29, 1.82) is 0 Å². The molecule has 0 saturated carbocycles. The van der Waals surface area contributed by atoms with Gasteiger partial charge in [-0.25, -0.2) is 0 Å². The third-order valence-electron chi connectivity index (χ3n) is 3.94. The lowest BCUT2D eigenvalue weighted by atomic mass is 9.94. The summed E-state index contributed by atoms with van der Waals surface area (Å²) < 4.78 is 5.66. The molecule has 0 fully saturated rings. The molecule has 1 aliphatic rings. The minimum absolute atomic E-state index is 0. The Hall–Kier alpha value is -1.06. The van der Waals surface area contributed by atoms with Crippen LogP contribution in [0, 0.1) is 11.8 Å². The number of nitrogens with one attached hydrogen (secondary N) is 1. The maximum absolute atomic E-state index is 12.3. The highest BCUT2D eigenvalue weighted by Crippen LogP contribution is 2.26. The molecule has 1 unspecified atom stereocenters. The van der Waals surface area contributed by atoms with E-state index in [2.05, 4.69) is 19.2 Å². The van der Waals surface area contributed by atoms with E-state index in [0.29, 0.717) is 19.1 Å². The van der Waals surface area contributed by atoms with Crippen LogP contribution in [-0.4, -0.2) is 25.5 Å². The second-order valence-electron chi connectivity index (χ2n) is 5.21. The van der Waals surface area contributed by atoms with Gasteiger partial charge in [-0.1, -0.05) is 38.8 Å². The first kappa shape index (κ1) is 17.0. The molecule has 0 bridgehead atoms. The molecule has 0 saturated heterocycles. The van der Waals surface area contributed by atoms with Crippen LogP contribution in [0.4, 0.5) is 0 Å². The van der Waals surface area contributed by atoms with Gasteiger partial charge in [0.15, 0.2) is 5.78 Å². The van der Waals surface area contributed by atoms with Crippen LogP contribution in [0.5, 0.6) is 5.75 Å². The smallest absolute Gasteiger partial charge is 0.174 e. The number of Topliss-reactive ketones (excluding diaryl/α,β-unsaturated/α-hetero) is 1. The fourth-order valence-electron chi connectivity index (χ4n) is 2.47. The van der Waals surface area contributed by atoms with Crippen molar-refractivity contribution in [2.45, 2.75) is 26.7 Å². The zero-order valence-electron chi connectivity index (χ0n) is 12.2. The molecule has 1 aromatic rings. The molecule has 1 aliphatic heterocycles. The predicted molar refractivity (Wildman–Crippen MR) is 83.9 cm³/mol. The number of ketones is 1. The number of rotatable bonds is 6. The summed E-state index contributed by atoms with van der Waals surface area (Å²) in [5.74, 6) is 1.58. The normalized spacial score (nSPS) is 17.4. The second kappa shape index (κ2) is 8.28. The van der Waals surface area contributed by atoms with Crippen molar-refractivity contribution in [3.05, 3.63) is 29.8 Å². The Morgan fingerprint density at radius 3 is 2.70 bits per heavy atom. The first-order valence-corrected chi connectivity index (χ1v) is 7.23. The van der Waals surface area contributed by atoms with Crippen LogP contribution < -0.4 is 10.1 Å². The van der Waals surface area contributed by atoms with Gasteiger partial charge in [0.05, 0.1) is 18.1 Å². The number of ether oxygens (including phenoxy) is 1.